The van der Waals surface area contributed by atoms with Gasteiger partial charge in [-0.2, -0.15) is 0 Å². The minimum absolute atomic E-state index is 0.200. The summed E-state index contributed by atoms with van der Waals surface area (Å²) >= 11 is 0. The maximum atomic E-state index is 7.12. The first-order valence-electron chi connectivity index (χ1n) is 9.38. The lowest BCUT2D eigenvalue weighted by molar-refractivity contribution is 0.557. The van der Waals surface area contributed by atoms with Crippen molar-refractivity contribution in [2.24, 2.45) is 0 Å². The van der Waals surface area contributed by atoms with Crippen molar-refractivity contribution in [1.29, 1.82) is 0 Å². The summed E-state index contributed by atoms with van der Waals surface area (Å²) in [5.74, 6) is 3.65. The highest BCUT2D eigenvalue weighted by Gasteiger charge is 2.47. The number of rotatable bonds is 5. The summed E-state index contributed by atoms with van der Waals surface area (Å²) < 4.78 is 7.12. The Morgan fingerprint density at radius 1 is 0.731 bits per heavy atom. The minimum Gasteiger partial charge on any atom is -0.448 e. The highest BCUT2D eigenvalue weighted by molar-refractivity contribution is 7.03. The summed E-state index contributed by atoms with van der Waals surface area (Å²) in [5, 5.41) is 2.65. The normalized spacial score (nSPS) is 13.7. The molecule has 0 aliphatic heterocycles. The average Bonchev–Trinajstić information content (AvgIpc) is 2.57. The van der Waals surface area contributed by atoms with Crippen LogP contribution in [0.1, 0.15) is 6.92 Å². The molecular weight excluding hydrogens is 364 g/mol. The van der Waals surface area contributed by atoms with E-state index in [9.17, 15) is 0 Å². The summed E-state index contributed by atoms with van der Waals surface area (Å²) in [4.78, 5) is 0. The van der Waals surface area contributed by atoms with E-state index in [1.54, 1.807) is 0 Å². The molecule has 1 nitrogen and oxygen atoms in total. The third kappa shape index (κ3) is 5.31. The molecule has 0 N–H and O–H groups in total. The first kappa shape index (κ1) is 20.9. The van der Waals surface area contributed by atoms with Crippen LogP contribution in [0.3, 0.4) is 0 Å². The Labute approximate surface area is 163 Å². The molecule has 0 unspecified atom stereocenters. The zero-order valence-corrected chi connectivity index (χ0v) is 20.3. The monoisotopic (exact) mass is 396 g/mol. The van der Waals surface area contributed by atoms with Crippen molar-refractivity contribution in [3.8, 4) is 11.5 Å². The van der Waals surface area contributed by atoms with E-state index in [4.69, 9.17) is 4.12 Å². The molecule has 2 aromatic carbocycles. The fraction of sp³-hybridized carbons (Fsp3) is 0.364. The van der Waals surface area contributed by atoms with Gasteiger partial charge in [-0.05, 0) is 30.0 Å². The van der Waals surface area contributed by atoms with E-state index in [0.717, 1.165) is 0 Å². The molecule has 2 rings (SSSR count). The van der Waals surface area contributed by atoms with Crippen LogP contribution in [0.4, 0.5) is 0 Å². The smallest absolute Gasteiger partial charge is 0.260 e. The molecule has 0 radical (unpaired) electrons. The van der Waals surface area contributed by atoms with Crippen molar-refractivity contribution >= 4 is 35.1 Å². The summed E-state index contributed by atoms with van der Waals surface area (Å²) in [6.07, 6.45) is 0. The van der Waals surface area contributed by atoms with E-state index in [1.165, 1.54) is 10.4 Å². The standard InChI is InChI=1S/C22H32OSi3/c1-20(18-19-24(2,3)4)26(23-25(5,6)7,21-14-10-8-11-15-21)22-16-12-9-13-17-22/h8-17,20H,1-7H3/t20-/m1/s1. The SMILES string of the molecule is C[C@H](C#C[Si](C)(C)C)[Si](O[Si](C)(C)C)(c1ccccc1)c1ccccc1. The molecule has 0 spiro atoms. The maximum absolute atomic E-state index is 7.12. The van der Waals surface area contributed by atoms with Gasteiger partial charge in [0, 0.05) is 5.54 Å². The minimum atomic E-state index is -2.48. The van der Waals surface area contributed by atoms with Gasteiger partial charge in [-0.3, -0.25) is 0 Å². The Hall–Kier alpha value is -1.39. The van der Waals surface area contributed by atoms with Crippen molar-refractivity contribution in [1.82, 2.24) is 0 Å². The molecule has 138 valence electrons. The molecule has 0 aliphatic carbocycles. The Morgan fingerprint density at radius 3 is 1.50 bits per heavy atom. The van der Waals surface area contributed by atoms with E-state index in [2.05, 4.69) is 118 Å². The second-order valence-corrected chi connectivity index (χ2v) is 22.2. The van der Waals surface area contributed by atoms with Gasteiger partial charge in [0.2, 0.25) is 0 Å². The Balaban J connectivity index is 2.74. The molecule has 4 heteroatoms. The number of hydrogen-bond donors (Lipinski definition) is 0. The summed E-state index contributed by atoms with van der Waals surface area (Å²) in [7, 11) is -5.71. The quantitative estimate of drug-likeness (QED) is 0.517. The molecule has 26 heavy (non-hydrogen) atoms. The van der Waals surface area contributed by atoms with Crippen molar-refractivity contribution in [3.63, 3.8) is 0 Å². The first-order chi connectivity index (χ1) is 12.0. The maximum Gasteiger partial charge on any atom is 0.260 e. The molecule has 0 aromatic heterocycles. The fourth-order valence-corrected chi connectivity index (χ4v) is 12.4. The summed E-state index contributed by atoms with van der Waals surface area (Å²) in [6.45, 7) is 16.1. The van der Waals surface area contributed by atoms with Gasteiger partial charge in [0.1, 0.15) is 8.07 Å². The lowest BCUT2D eigenvalue weighted by Gasteiger charge is -2.40. The van der Waals surface area contributed by atoms with E-state index in [-0.39, 0.29) is 5.54 Å². The van der Waals surface area contributed by atoms with Gasteiger partial charge >= 0.3 is 0 Å². The molecule has 1 atom stereocenters. The van der Waals surface area contributed by atoms with E-state index >= 15 is 0 Å². The molecule has 0 heterocycles. The van der Waals surface area contributed by atoms with Crippen molar-refractivity contribution in [3.05, 3.63) is 60.7 Å². The lowest BCUT2D eigenvalue weighted by Crippen LogP contribution is -2.66. The van der Waals surface area contributed by atoms with Crippen LogP contribution < -0.4 is 10.4 Å². The first-order valence-corrected chi connectivity index (χ1v) is 18.3. The van der Waals surface area contributed by atoms with E-state index in [1.807, 2.05) is 0 Å². The topological polar surface area (TPSA) is 9.23 Å². The molecule has 0 bridgehead atoms. The number of benzene rings is 2. The van der Waals surface area contributed by atoms with Gasteiger partial charge in [0.25, 0.3) is 8.32 Å². The van der Waals surface area contributed by atoms with E-state index in [0.29, 0.717) is 0 Å². The fourth-order valence-electron chi connectivity index (χ4n) is 3.15. The zero-order valence-electron chi connectivity index (χ0n) is 17.3. The lowest BCUT2D eigenvalue weighted by atomic mass is 10.4. The molecule has 0 saturated heterocycles. The Kier molecular flexibility index (Phi) is 6.51. The summed E-state index contributed by atoms with van der Waals surface area (Å²) in [6, 6.07) is 21.7. The molecule has 0 amide bonds. The van der Waals surface area contributed by atoms with Crippen molar-refractivity contribution < 1.29 is 4.12 Å². The largest absolute Gasteiger partial charge is 0.448 e. The van der Waals surface area contributed by atoms with Crippen molar-refractivity contribution in [2.75, 3.05) is 0 Å². The number of hydrogen-bond acceptors (Lipinski definition) is 1. The average molecular weight is 397 g/mol. The third-order valence-corrected chi connectivity index (χ3v) is 12.5. The highest BCUT2D eigenvalue weighted by atomic mass is 28.4. The van der Waals surface area contributed by atoms with Crippen LogP contribution in [0, 0.1) is 11.5 Å². The van der Waals surface area contributed by atoms with Crippen LogP contribution in [-0.2, 0) is 4.12 Å². The third-order valence-electron chi connectivity index (χ3n) is 4.15. The van der Waals surface area contributed by atoms with Gasteiger partial charge in [0.15, 0.2) is 8.32 Å². The Morgan fingerprint density at radius 2 is 1.15 bits per heavy atom. The van der Waals surface area contributed by atoms with Gasteiger partial charge in [0.05, 0.1) is 0 Å². The van der Waals surface area contributed by atoms with Gasteiger partial charge in [-0.1, -0.05) is 87.2 Å². The highest BCUT2D eigenvalue weighted by Crippen LogP contribution is 2.27. The van der Waals surface area contributed by atoms with Crippen LogP contribution in [0.25, 0.3) is 0 Å². The van der Waals surface area contributed by atoms with Gasteiger partial charge in [-0.25, -0.2) is 0 Å². The second kappa shape index (κ2) is 8.10. The van der Waals surface area contributed by atoms with Crippen LogP contribution in [0.2, 0.25) is 44.8 Å². The molecule has 0 saturated carbocycles. The molecule has 2 aromatic rings. The molecule has 0 aliphatic rings. The van der Waals surface area contributed by atoms with E-state index < -0.39 is 24.7 Å². The van der Waals surface area contributed by atoms with Crippen LogP contribution >= 0.6 is 0 Å². The molecular formula is C22H32OSi3. The second-order valence-electron chi connectivity index (χ2n) is 8.92. The van der Waals surface area contributed by atoms with Gasteiger partial charge < -0.3 is 4.12 Å². The van der Waals surface area contributed by atoms with Crippen LogP contribution in [-0.4, -0.2) is 24.7 Å². The Bertz CT molecular complexity index is 723. The predicted octanol–water partition coefficient (Wildman–Crippen LogP) is 4.87. The van der Waals surface area contributed by atoms with Crippen molar-refractivity contribution in [2.45, 2.75) is 51.7 Å². The molecule has 0 fully saturated rings. The zero-order chi connectivity index (χ0) is 19.4. The van der Waals surface area contributed by atoms with Gasteiger partial charge in [-0.15, -0.1) is 11.5 Å². The summed E-state index contributed by atoms with van der Waals surface area (Å²) in [5.41, 5.74) is 3.81. The predicted molar refractivity (Wildman–Crippen MR) is 123 cm³/mol. The van der Waals surface area contributed by atoms with Crippen LogP contribution in [0.15, 0.2) is 60.7 Å². The van der Waals surface area contributed by atoms with Crippen LogP contribution in [0.5, 0.6) is 0 Å².